The quantitative estimate of drug-likeness (QED) is 0.164. The minimum atomic E-state index is -0.453. The van der Waals surface area contributed by atoms with Gasteiger partial charge in [-0.15, -0.1) is 0 Å². The highest BCUT2D eigenvalue weighted by atomic mass is 15.0. The van der Waals surface area contributed by atoms with E-state index in [9.17, 15) is 0 Å². The second kappa shape index (κ2) is 14.4. The van der Waals surface area contributed by atoms with Gasteiger partial charge in [0.1, 0.15) is 0 Å². The first-order valence-corrected chi connectivity index (χ1v) is 20.2. The number of aryl methyl sites for hydroxylation is 2. The molecule has 0 saturated carbocycles. The summed E-state index contributed by atoms with van der Waals surface area (Å²) in [7, 11) is 0. The Morgan fingerprint density at radius 1 is 0.421 bits per heavy atom. The second-order valence-electron chi connectivity index (χ2n) is 15.6. The molecule has 0 spiro atoms. The van der Waals surface area contributed by atoms with Crippen LogP contribution in [0.3, 0.4) is 0 Å². The van der Waals surface area contributed by atoms with Gasteiger partial charge in [-0.2, -0.15) is 0 Å². The van der Waals surface area contributed by atoms with E-state index in [1.807, 2.05) is 18.2 Å². The smallest absolute Gasteiger partial charge is 0.164 e. The standard InChI is InChI=1S/C54H43N3/c1-36-26-30-44(31-27-36)54(45-32-28-37(2)29-33-45)48-24-10-9-22-47(48)50-46(23-13-25-49(50)54)42-20-11-18-40(34-42)41-19-12-21-43(35-41)53-56-51(38-14-5-3-6-15-38)55-52(57-53)39-16-7-4-8-17-39/h3,5-6,9-16,18-35H,4,7-8,17H2,1-2H3. The number of benzene rings is 7. The van der Waals surface area contributed by atoms with Gasteiger partial charge in [-0.3, -0.25) is 0 Å². The van der Waals surface area contributed by atoms with Gasteiger partial charge in [-0.25, -0.2) is 15.0 Å². The molecule has 0 radical (unpaired) electrons. The van der Waals surface area contributed by atoms with E-state index in [-0.39, 0.29) is 0 Å². The van der Waals surface area contributed by atoms with Crippen LogP contribution in [0.1, 0.15) is 64.9 Å². The molecule has 3 nitrogen and oxygen atoms in total. The van der Waals surface area contributed by atoms with Crippen LogP contribution in [-0.4, -0.2) is 15.0 Å². The van der Waals surface area contributed by atoms with Gasteiger partial charge in [0.25, 0.3) is 0 Å². The Kier molecular flexibility index (Phi) is 8.79. The summed E-state index contributed by atoms with van der Waals surface area (Å²) in [6, 6.07) is 62.1. The third kappa shape index (κ3) is 6.11. The highest BCUT2D eigenvalue weighted by Crippen LogP contribution is 2.58. The van der Waals surface area contributed by atoms with Crippen LogP contribution in [0.5, 0.6) is 0 Å². The Morgan fingerprint density at radius 3 is 1.63 bits per heavy atom. The van der Waals surface area contributed by atoms with Crippen molar-refractivity contribution in [1.29, 1.82) is 0 Å². The van der Waals surface area contributed by atoms with Crippen LogP contribution in [-0.2, 0) is 5.41 Å². The van der Waals surface area contributed by atoms with E-state index in [2.05, 4.69) is 172 Å². The number of fused-ring (bicyclic) bond motifs is 3. The monoisotopic (exact) mass is 733 g/mol. The predicted octanol–water partition coefficient (Wildman–Crippen LogP) is 13.5. The fourth-order valence-corrected chi connectivity index (χ4v) is 9.07. The molecule has 1 heterocycles. The van der Waals surface area contributed by atoms with Crippen LogP contribution in [0.15, 0.2) is 176 Å². The lowest BCUT2D eigenvalue weighted by atomic mass is 9.67. The summed E-state index contributed by atoms with van der Waals surface area (Å²) in [6.07, 6.45) is 6.75. The maximum Gasteiger partial charge on any atom is 0.164 e. The molecule has 10 rings (SSSR count). The molecular weight excluding hydrogens is 691 g/mol. The highest BCUT2D eigenvalue weighted by molar-refractivity contribution is 5.96. The van der Waals surface area contributed by atoms with Gasteiger partial charge < -0.3 is 0 Å². The third-order valence-corrected chi connectivity index (χ3v) is 11.9. The first kappa shape index (κ1) is 34.8. The zero-order valence-electron chi connectivity index (χ0n) is 32.4. The predicted molar refractivity (Wildman–Crippen MR) is 235 cm³/mol. The van der Waals surface area contributed by atoms with Gasteiger partial charge in [0.2, 0.25) is 0 Å². The summed E-state index contributed by atoms with van der Waals surface area (Å²) < 4.78 is 0. The van der Waals surface area contributed by atoms with Crippen molar-refractivity contribution in [3.63, 3.8) is 0 Å². The summed E-state index contributed by atoms with van der Waals surface area (Å²) in [5.41, 5.74) is 17.7. The topological polar surface area (TPSA) is 38.7 Å². The molecule has 0 N–H and O–H groups in total. The second-order valence-corrected chi connectivity index (χ2v) is 15.6. The van der Waals surface area contributed by atoms with Crippen LogP contribution in [0.2, 0.25) is 0 Å². The summed E-state index contributed by atoms with van der Waals surface area (Å²) >= 11 is 0. The Bertz CT molecular complexity index is 2750. The zero-order valence-corrected chi connectivity index (χ0v) is 32.4. The number of hydrogen-bond donors (Lipinski definition) is 0. The van der Waals surface area contributed by atoms with Crippen LogP contribution >= 0.6 is 0 Å². The summed E-state index contributed by atoms with van der Waals surface area (Å²) in [5.74, 6) is 2.20. The van der Waals surface area contributed by atoms with Crippen molar-refractivity contribution < 1.29 is 0 Å². The van der Waals surface area contributed by atoms with Gasteiger partial charge in [-0.05, 0) is 113 Å². The van der Waals surface area contributed by atoms with Gasteiger partial charge in [0.05, 0.1) is 5.41 Å². The molecule has 0 aliphatic heterocycles. The fourth-order valence-electron chi connectivity index (χ4n) is 9.07. The van der Waals surface area contributed by atoms with Gasteiger partial charge in [-0.1, -0.05) is 175 Å². The summed E-state index contributed by atoms with van der Waals surface area (Å²) in [6.45, 7) is 4.33. The molecular formula is C54H43N3. The lowest BCUT2D eigenvalue weighted by Gasteiger charge is -2.34. The van der Waals surface area contributed by atoms with Crippen molar-refractivity contribution in [1.82, 2.24) is 15.0 Å². The minimum absolute atomic E-state index is 0.453. The largest absolute Gasteiger partial charge is 0.209 e. The molecule has 7 aromatic carbocycles. The molecule has 8 aromatic rings. The maximum atomic E-state index is 5.10. The van der Waals surface area contributed by atoms with Gasteiger partial charge in [0, 0.05) is 11.1 Å². The lowest BCUT2D eigenvalue weighted by Crippen LogP contribution is -2.28. The average Bonchev–Trinajstić information content (AvgIpc) is 3.58. The molecule has 0 fully saturated rings. The Hall–Kier alpha value is -6.71. The number of nitrogens with zero attached hydrogens (tertiary/aromatic N) is 3. The summed E-state index contributed by atoms with van der Waals surface area (Å²) in [4.78, 5) is 15.1. The van der Waals surface area contributed by atoms with Crippen molar-refractivity contribution in [2.75, 3.05) is 0 Å². The molecule has 0 atom stereocenters. The molecule has 1 aromatic heterocycles. The molecule has 0 unspecified atom stereocenters. The van der Waals surface area contributed by atoms with Crippen molar-refractivity contribution in [3.8, 4) is 56.2 Å². The van der Waals surface area contributed by atoms with E-state index >= 15 is 0 Å². The molecule has 2 aliphatic rings. The number of rotatable bonds is 7. The average molecular weight is 734 g/mol. The van der Waals surface area contributed by atoms with Crippen LogP contribution < -0.4 is 0 Å². The normalized spacial score (nSPS) is 14.1. The van der Waals surface area contributed by atoms with Gasteiger partial charge in [0.15, 0.2) is 17.5 Å². The van der Waals surface area contributed by atoms with E-state index < -0.39 is 5.41 Å². The Morgan fingerprint density at radius 2 is 0.947 bits per heavy atom. The van der Waals surface area contributed by atoms with Gasteiger partial charge >= 0.3 is 0 Å². The molecule has 0 bridgehead atoms. The Labute approximate surface area is 335 Å². The molecule has 274 valence electrons. The highest BCUT2D eigenvalue weighted by Gasteiger charge is 2.46. The van der Waals surface area contributed by atoms with Crippen molar-refractivity contribution in [2.24, 2.45) is 0 Å². The number of aromatic nitrogens is 3. The fraction of sp³-hybridized carbons (Fsp3) is 0.130. The van der Waals surface area contributed by atoms with E-state index in [1.165, 1.54) is 67.6 Å². The van der Waals surface area contributed by atoms with E-state index in [0.717, 1.165) is 47.3 Å². The van der Waals surface area contributed by atoms with E-state index in [4.69, 9.17) is 15.0 Å². The molecule has 3 heteroatoms. The Balaban J connectivity index is 1.10. The lowest BCUT2D eigenvalue weighted by molar-refractivity contribution is 0.736. The molecule has 0 saturated heterocycles. The van der Waals surface area contributed by atoms with E-state index in [1.54, 1.807) is 0 Å². The number of hydrogen-bond acceptors (Lipinski definition) is 3. The SMILES string of the molecule is Cc1ccc(C2(c3ccc(C)cc3)c3ccccc3-c3c(-c4cccc(-c5cccc(-c6nc(C7=CCCCC7)nc(-c7ccccc7)n6)c5)c4)cccc32)cc1. The molecule has 0 amide bonds. The van der Waals surface area contributed by atoms with Crippen LogP contribution in [0.25, 0.3) is 61.7 Å². The van der Waals surface area contributed by atoms with Crippen molar-refractivity contribution >= 4 is 5.57 Å². The third-order valence-electron chi connectivity index (χ3n) is 11.9. The minimum Gasteiger partial charge on any atom is -0.209 e. The van der Waals surface area contributed by atoms with Crippen molar-refractivity contribution in [3.05, 3.63) is 215 Å². The first-order valence-electron chi connectivity index (χ1n) is 20.2. The van der Waals surface area contributed by atoms with Crippen molar-refractivity contribution in [2.45, 2.75) is 44.9 Å². The van der Waals surface area contributed by atoms with E-state index in [0.29, 0.717) is 11.6 Å². The maximum absolute atomic E-state index is 5.10. The number of allylic oxidation sites excluding steroid dienone is 2. The zero-order chi connectivity index (χ0) is 38.3. The molecule has 57 heavy (non-hydrogen) atoms. The molecule has 2 aliphatic carbocycles. The van der Waals surface area contributed by atoms with Crippen LogP contribution in [0.4, 0.5) is 0 Å². The van der Waals surface area contributed by atoms with Crippen LogP contribution in [0, 0.1) is 13.8 Å². The summed E-state index contributed by atoms with van der Waals surface area (Å²) in [5, 5.41) is 0. The first-order chi connectivity index (χ1) is 28.1.